The molecule has 0 fully saturated rings. The molecule has 0 spiro atoms. The van der Waals surface area contributed by atoms with E-state index in [2.05, 4.69) is 15.3 Å². The fraction of sp³-hybridized carbons (Fsp3) is 0.100. The lowest BCUT2D eigenvalue weighted by Gasteiger charge is -2.01. The predicted octanol–water partition coefficient (Wildman–Crippen LogP) is 2.26. The molecule has 0 unspecified atom stereocenters. The van der Waals surface area contributed by atoms with E-state index in [0.717, 1.165) is 6.20 Å². The van der Waals surface area contributed by atoms with Gasteiger partial charge < -0.3 is 5.32 Å². The number of nitrogens with zero attached hydrogens (tertiary/aromatic N) is 3. The minimum absolute atomic E-state index is 0.214. The Bertz CT molecular complexity index is 558. The van der Waals surface area contributed by atoms with Crippen LogP contribution in [0.3, 0.4) is 0 Å². The second kappa shape index (κ2) is 4.24. The van der Waals surface area contributed by atoms with Crippen molar-refractivity contribution in [2.75, 3.05) is 12.4 Å². The van der Waals surface area contributed by atoms with Crippen LogP contribution in [0.4, 0.5) is 10.3 Å². The molecule has 2 aromatic heterocycles. The molecular formula is C10H7FN4S. The van der Waals surface area contributed by atoms with E-state index < -0.39 is 5.82 Å². The van der Waals surface area contributed by atoms with E-state index in [4.69, 9.17) is 5.26 Å². The monoisotopic (exact) mass is 234 g/mol. The van der Waals surface area contributed by atoms with Crippen LogP contribution in [0, 0.1) is 17.1 Å². The first-order valence-electron chi connectivity index (χ1n) is 4.45. The molecule has 0 atom stereocenters. The minimum Gasteiger partial charge on any atom is -0.357 e. The highest BCUT2D eigenvalue weighted by Crippen LogP contribution is 2.28. The summed E-state index contributed by atoms with van der Waals surface area (Å²) in [5.74, 6) is -0.145. The molecular weight excluding hydrogens is 227 g/mol. The van der Waals surface area contributed by atoms with Crippen molar-refractivity contribution in [3.63, 3.8) is 0 Å². The fourth-order valence-corrected chi connectivity index (χ4v) is 1.98. The van der Waals surface area contributed by atoms with E-state index in [-0.39, 0.29) is 5.69 Å². The van der Waals surface area contributed by atoms with Crippen LogP contribution in [0.5, 0.6) is 0 Å². The molecule has 2 aromatic rings. The summed E-state index contributed by atoms with van der Waals surface area (Å²) in [5, 5.41) is 11.4. The van der Waals surface area contributed by atoms with E-state index in [1.807, 2.05) is 6.07 Å². The summed E-state index contributed by atoms with van der Waals surface area (Å²) >= 11 is 1.20. The van der Waals surface area contributed by atoms with Crippen LogP contribution in [0.15, 0.2) is 18.3 Å². The topological polar surface area (TPSA) is 61.6 Å². The zero-order valence-electron chi connectivity index (χ0n) is 8.36. The van der Waals surface area contributed by atoms with E-state index in [1.54, 1.807) is 19.2 Å². The number of hydrogen-bond acceptors (Lipinski definition) is 5. The van der Waals surface area contributed by atoms with Gasteiger partial charge in [0, 0.05) is 7.05 Å². The van der Waals surface area contributed by atoms with E-state index >= 15 is 0 Å². The summed E-state index contributed by atoms with van der Waals surface area (Å²) in [6, 6.07) is 5.32. The fourth-order valence-electron chi connectivity index (χ4n) is 1.19. The van der Waals surface area contributed by atoms with Gasteiger partial charge >= 0.3 is 0 Å². The molecule has 0 radical (unpaired) electrons. The van der Waals surface area contributed by atoms with Crippen LogP contribution in [0.2, 0.25) is 0 Å². The number of nitrogens with one attached hydrogen (secondary N) is 1. The van der Waals surface area contributed by atoms with Crippen molar-refractivity contribution in [2.45, 2.75) is 0 Å². The second-order valence-corrected chi connectivity index (χ2v) is 4.00. The maximum absolute atomic E-state index is 13.5. The van der Waals surface area contributed by atoms with Gasteiger partial charge in [-0.1, -0.05) is 0 Å². The maximum atomic E-state index is 13.5. The second-order valence-electron chi connectivity index (χ2n) is 2.92. The Morgan fingerprint density at radius 3 is 2.94 bits per heavy atom. The lowest BCUT2D eigenvalue weighted by molar-refractivity contribution is 0.619. The van der Waals surface area contributed by atoms with Crippen molar-refractivity contribution in [2.24, 2.45) is 0 Å². The van der Waals surface area contributed by atoms with Gasteiger partial charge in [-0.3, -0.25) is 0 Å². The molecule has 0 saturated carbocycles. The van der Waals surface area contributed by atoms with Crippen LogP contribution >= 0.6 is 11.3 Å². The van der Waals surface area contributed by atoms with Gasteiger partial charge in [0.05, 0.1) is 11.1 Å². The summed E-state index contributed by atoms with van der Waals surface area (Å²) < 4.78 is 13.5. The summed E-state index contributed by atoms with van der Waals surface area (Å²) in [7, 11) is 1.66. The van der Waals surface area contributed by atoms with E-state index in [1.165, 1.54) is 11.3 Å². The third-order valence-electron chi connectivity index (χ3n) is 1.92. The van der Waals surface area contributed by atoms with Gasteiger partial charge in [0.15, 0.2) is 5.82 Å². The normalized spacial score (nSPS) is 9.81. The summed E-state index contributed by atoms with van der Waals surface area (Å²) in [6.45, 7) is 0. The summed E-state index contributed by atoms with van der Waals surface area (Å²) in [6.07, 6.45) is 1.11. The van der Waals surface area contributed by atoms with Crippen LogP contribution in [0.25, 0.3) is 10.6 Å². The molecule has 16 heavy (non-hydrogen) atoms. The first-order chi connectivity index (χ1) is 7.74. The molecule has 1 N–H and O–H groups in total. The standard InChI is InChI=1S/C10H7FN4S/c1-13-10-14-5-7(11)9(15-10)8-3-2-6(4-12)16-8/h2-3,5H,1H3,(H,13,14,15). The molecule has 0 bridgehead atoms. The largest absolute Gasteiger partial charge is 0.357 e. The lowest BCUT2D eigenvalue weighted by atomic mass is 10.3. The first-order valence-corrected chi connectivity index (χ1v) is 5.27. The molecule has 0 aromatic carbocycles. The molecule has 0 aliphatic carbocycles. The zero-order valence-corrected chi connectivity index (χ0v) is 9.18. The number of rotatable bonds is 2. The molecule has 0 aliphatic rings. The SMILES string of the molecule is CNc1ncc(F)c(-c2ccc(C#N)s2)n1. The zero-order chi connectivity index (χ0) is 11.5. The molecule has 2 heterocycles. The lowest BCUT2D eigenvalue weighted by Crippen LogP contribution is -1.98. The Balaban J connectivity index is 2.50. The van der Waals surface area contributed by atoms with E-state index in [0.29, 0.717) is 15.7 Å². The summed E-state index contributed by atoms with van der Waals surface area (Å²) in [4.78, 5) is 8.91. The van der Waals surface area contributed by atoms with Crippen LogP contribution in [-0.2, 0) is 0 Å². The van der Waals surface area contributed by atoms with Gasteiger partial charge in [0.25, 0.3) is 0 Å². The number of anilines is 1. The Labute approximate surface area is 95.4 Å². The number of thiophene rings is 1. The molecule has 0 saturated heterocycles. The number of aromatic nitrogens is 2. The van der Waals surface area contributed by atoms with Gasteiger partial charge in [-0.15, -0.1) is 11.3 Å². The van der Waals surface area contributed by atoms with Gasteiger partial charge in [0.1, 0.15) is 16.6 Å². The van der Waals surface area contributed by atoms with Crippen molar-refractivity contribution in [1.29, 1.82) is 5.26 Å². The Kier molecular flexibility index (Phi) is 2.79. The molecule has 2 rings (SSSR count). The number of halogens is 1. The highest BCUT2D eigenvalue weighted by molar-refractivity contribution is 7.15. The number of nitriles is 1. The van der Waals surface area contributed by atoms with Crippen LogP contribution < -0.4 is 5.32 Å². The minimum atomic E-state index is -0.495. The third kappa shape index (κ3) is 1.85. The summed E-state index contributed by atoms with van der Waals surface area (Å²) in [5.41, 5.74) is 0.214. The van der Waals surface area contributed by atoms with Crippen molar-refractivity contribution >= 4 is 17.3 Å². The number of hydrogen-bond donors (Lipinski definition) is 1. The quantitative estimate of drug-likeness (QED) is 0.865. The average molecular weight is 234 g/mol. The smallest absolute Gasteiger partial charge is 0.223 e. The van der Waals surface area contributed by atoms with Crippen molar-refractivity contribution in [3.05, 3.63) is 29.0 Å². The highest BCUT2D eigenvalue weighted by Gasteiger charge is 2.11. The Hall–Kier alpha value is -2.00. The van der Waals surface area contributed by atoms with Crippen LogP contribution in [0.1, 0.15) is 4.88 Å². The molecule has 6 heteroatoms. The molecule has 0 aliphatic heterocycles. The third-order valence-corrected chi connectivity index (χ3v) is 2.91. The van der Waals surface area contributed by atoms with Gasteiger partial charge in [0.2, 0.25) is 5.95 Å². The molecule has 4 nitrogen and oxygen atoms in total. The van der Waals surface area contributed by atoms with Crippen molar-refractivity contribution in [3.8, 4) is 16.6 Å². The van der Waals surface area contributed by atoms with Gasteiger partial charge in [-0.25, -0.2) is 14.4 Å². The van der Waals surface area contributed by atoms with Crippen LogP contribution in [-0.4, -0.2) is 17.0 Å². The molecule has 80 valence electrons. The van der Waals surface area contributed by atoms with Crippen molar-refractivity contribution < 1.29 is 4.39 Å². The highest BCUT2D eigenvalue weighted by atomic mass is 32.1. The molecule has 0 amide bonds. The first kappa shape index (κ1) is 10.5. The predicted molar refractivity (Wildman–Crippen MR) is 59.6 cm³/mol. The van der Waals surface area contributed by atoms with Gasteiger partial charge in [-0.05, 0) is 12.1 Å². The maximum Gasteiger partial charge on any atom is 0.223 e. The Morgan fingerprint density at radius 1 is 1.50 bits per heavy atom. The Morgan fingerprint density at radius 2 is 2.31 bits per heavy atom. The van der Waals surface area contributed by atoms with Crippen molar-refractivity contribution in [1.82, 2.24) is 9.97 Å². The van der Waals surface area contributed by atoms with Gasteiger partial charge in [-0.2, -0.15) is 5.26 Å². The average Bonchev–Trinajstić information content (AvgIpc) is 2.78. The van der Waals surface area contributed by atoms with E-state index in [9.17, 15) is 4.39 Å².